The van der Waals surface area contributed by atoms with Gasteiger partial charge >= 0.3 is 0 Å². The van der Waals surface area contributed by atoms with Gasteiger partial charge in [-0.2, -0.15) is 0 Å². The van der Waals surface area contributed by atoms with Gasteiger partial charge < -0.3 is 25.0 Å². The number of halogens is 1. The second-order valence-corrected chi connectivity index (χ2v) is 7.87. The number of nitrogens with one attached hydrogen (secondary N) is 2. The lowest BCUT2D eigenvalue weighted by molar-refractivity contribution is -0.121. The zero-order chi connectivity index (χ0) is 22.8. The molecule has 0 saturated carbocycles. The van der Waals surface area contributed by atoms with Gasteiger partial charge in [-0.15, -0.1) is 24.0 Å². The molecule has 1 aliphatic heterocycles. The Morgan fingerprint density at radius 1 is 1.09 bits per heavy atom. The maximum Gasteiger partial charge on any atom is 0.220 e. The Labute approximate surface area is 214 Å². The van der Waals surface area contributed by atoms with Crippen molar-refractivity contribution in [1.29, 1.82) is 0 Å². The number of carbonyl (C=O) groups excluding carboxylic acids is 1. The van der Waals surface area contributed by atoms with Crippen LogP contribution in [0, 0.1) is 5.92 Å². The van der Waals surface area contributed by atoms with E-state index in [4.69, 9.17) is 14.5 Å². The molecular formula is C25H35IN4O3. The number of benzene rings is 2. The highest BCUT2D eigenvalue weighted by molar-refractivity contribution is 14.0. The number of piperidine rings is 1. The lowest BCUT2D eigenvalue weighted by atomic mass is 9.93. The van der Waals surface area contributed by atoms with Crippen molar-refractivity contribution in [1.82, 2.24) is 15.5 Å². The van der Waals surface area contributed by atoms with Crippen molar-refractivity contribution in [3.63, 3.8) is 0 Å². The standard InChI is InChI=1S/C25H34N4O3.HI/c1-4-27-25(29-15-13-19(14-16-29)17-24(30)26-2)28-18-20-9-11-21(12-10-20)32-23-8-6-5-7-22(23)31-3;/h5-12,19H,4,13-18H2,1-3H3,(H,26,30)(H,27,28);1H. The van der Waals surface area contributed by atoms with E-state index < -0.39 is 0 Å². The van der Waals surface area contributed by atoms with Crippen LogP contribution in [0.15, 0.2) is 53.5 Å². The van der Waals surface area contributed by atoms with Crippen molar-refractivity contribution in [3.8, 4) is 17.2 Å². The maximum absolute atomic E-state index is 11.6. The summed E-state index contributed by atoms with van der Waals surface area (Å²) in [4.78, 5) is 18.8. The fourth-order valence-electron chi connectivity index (χ4n) is 3.80. The zero-order valence-electron chi connectivity index (χ0n) is 19.7. The third-order valence-electron chi connectivity index (χ3n) is 5.63. The summed E-state index contributed by atoms with van der Waals surface area (Å²) in [6.07, 6.45) is 2.63. The fourth-order valence-corrected chi connectivity index (χ4v) is 3.80. The summed E-state index contributed by atoms with van der Waals surface area (Å²) in [6, 6.07) is 15.6. The third-order valence-corrected chi connectivity index (χ3v) is 5.63. The first-order chi connectivity index (χ1) is 15.6. The van der Waals surface area contributed by atoms with Crippen LogP contribution in [-0.4, -0.2) is 50.6 Å². The van der Waals surface area contributed by atoms with Gasteiger partial charge in [0.15, 0.2) is 17.5 Å². The number of ether oxygens (including phenoxy) is 2. The number of nitrogens with zero attached hydrogens (tertiary/aromatic N) is 2. The minimum absolute atomic E-state index is 0. The largest absolute Gasteiger partial charge is 0.493 e. The summed E-state index contributed by atoms with van der Waals surface area (Å²) in [5.74, 6) is 3.66. The SMILES string of the molecule is CCNC(=NCc1ccc(Oc2ccccc2OC)cc1)N1CCC(CC(=O)NC)CC1.I. The van der Waals surface area contributed by atoms with Gasteiger partial charge in [-0.3, -0.25) is 4.79 Å². The van der Waals surface area contributed by atoms with E-state index in [9.17, 15) is 4.79 Å². The molecule has 1 saturated heterocycles. The van der Waals surface area contributed by atoms with Crippen LogP contribution in [0.2, 0.25) is 0 Å². The summed E-state index contributed by atoms with van der Waals surface area (Å²) < 4.78 is 11.3. The molecule has 0 aromatic heterocycles. The predicted octanol–water partition coefficient (Wildman–Crippen LogP) is 4.42. The number of guanidine groups is 1. The second-order valence-electron chi connectivity index (χ2n) is 7.87. The van der Waals surface area contributed by atoms with E-state index in [1.165, 1.54) is 0 Å². The molecule has 2 aromatic rings. The van der Waals surface area contributed by atoms with Crippen LogP contribution in [-0.2, 0) is 11.3 Å². The van der Waals surface area contributed by atoms with E-state index in [0.29, 0.717) is 30.4 Å². The topological polar surface area (TPSA) is 75.2 Å². The van der Waals surface area contributed by atoms with Crippen molar-refractivity contribution in [2.24, 2.45) is 10.9 Å². The number of amides is 1. The van der Waals surface area contributed by atoms with Gasteiger partial charge in [0.1, 0.15) is 5.75 Å². The van der Waals surface area contributed by atoms with E-state index in [0.717, 1.165) is 49.7 Å². The van der Waals surface area contributed by atoms with Gasteiger partial charge in [0.25, 0.3) is 0 Å². The van der Waals surface area contributed by atoms with E-state index in [-0.39, 0.29) is 29.9 Å². The highest BCUT2D eigenvalue weighted by Gasteiger charge is 2.23. The molecule has 1 heterocycles. The quantitative estimate of drug-likeness (QED) is 0.281. The molecule has 0 bridgehead atoms. The van der Waals surface area contributed by atoms with Gasteiger partial charge in [-0.05, 0) is 55.5 Å². The molecule has 33 heavy (non-hydrogen) atoms. The Hall–Kier alpha value is -2.49. The summed E-state index contributed by atoms with van der Waals surface area (Å²) in [6.45, 7) is 5.33. The number of hydrogen-bond acceptors (Lipinski definition) is 4. The molecule has 1 amide bonds. The molecule has 0 atom stereocenters. The molecule has 1 aliphatic rings. The average Bonchev–Trinajstić information content (AvgIpc) is 2.83. The van der Waals surface area contributed by atoms with Crippen LogP contribution >= 0.6 is 24.0 Å². The Morgan fingerprint density at radius 3 is 2.36 bits per heavy atom. The Bertz CT molecular complexity index is 897. The lowest BCUT2D eigenvalue weighted by Gasteiger charge is -2.34. The van der Waals surface area contributed by atoms with Crippen LogP contribution in [0.3, 0.4) is 0 Å². The van der Waals surface area contributed by atoms with Gasteiger partial charge in [-0.25, -0.2) is 4.99 Å². The first kappa shape index (κ1) is 26.8. The number of likely N-dealkylation sites (tertiary alicyclic amines) is 1. The van der Waals surface area contributed by atoms with Crippen LogP contribution in [0.25, 0.3) is 0 Å². The molecule has 3 rings (SSSR count). The number of aliphatic imine (C=N–C) groups is 1. The predicted molar refractivity (Wildman–Crippen MR) is 143 cm³/mol. The zero-order valence-corrected chi connectivity index (χ0v) is 22.0. The summed E-state index contributed by atoms with van der Waals surface area (Å²) in [5.41, 5.74) is 1.11. The first-order valence-electron chi connectivity index (χ1n) is 11.3. The molecule has 8 heteroatoms. The molecule has 180 valence electrons. The molecule has 2 N–H and O–H groups in total. The van der Waals surface area contributed by atoms with Crippen LogP contribution < -0.4 is 20.1 Å². The molecular weight excluding hydrogens is 531 g/mol. The van der Waals surface area contributed by atoms with Gasteiger partial charge in [0, 0.05) is 33.1 Å². The van der Waals surface area contributed by atoms with Crippen molar-refractivity contribution in [2.45, 2.75) is 32.7 Å². The van der Waals surface area contributed by atoms with Gasteiger partial charge in [0.05, 0.1) is 13.7 Å². The smallest absolute Gasteiger partial charge is 0.220 e. The number of rotatable bonds is 8. The lowest BCUT2D eigenvalue weighted by Crippen LogP contribution is -2.46. The van der Waals surface area contributed by atoms with Crippen molar-refractivity contribution >= 4 is 35.8 Å². The highest BCUT2D eigenvalue weighted by Crippen LogP contribution is 2.31. The molecule has 0 spiro atoms. The summed E-state index contributed by atoms with van der Waals surface area (Å²) in [7, 11) is 3.33. The molecule has 2 aromatic carbocycles. The molecule has 1 fully saturated rings. The number of hydrogen-bond donors (Lipinski definition) is 2. The Kier molecular flexibility index (Phi) is 11.3. The van der Waals surface area contributed by atoms with Crippen molar-refractivity contribution in [3.05, 3.63) is 54.1 Å². The molecule has 0 radical (unpaired) electrons. The summed E-state index contributed by atoms with van der Waals surface area (Å²) in [5, 5.41) is 6.13. The number of methoxy groups -OCH3 is 1. The van der Waals surface area contributed by atoms with Crippen LogP contribution in [0.5, 0.6) is 17.2 Å². The monoisotopic (exact) mass is 566 g/mol. The fraction of sp³-hybridized carbons (Fsp3) is 0.440. The van der Waals surface area contributed by atoms with Gasteiger partial charge in [-0.1, -0.05) is 24.3 Å². The minimum atomic E-state index is 0. The van der Waals surface area contributed by atoms with Crippen LogP contribution in [0.1, 0.15) is 31.7 Å². The number of carbonyl (C=O) groups is 1. The van der Waals surface area contributed by atoms with E-state index in [1.807, 2.05) is 48.5 Å². The third kappa shape index (κ3) is 8.10. The minimum Gasteiger partial charge on any atom is -0.493 e. The van der Waals surface area contributed by atoms with E-state index in [2.05, 4.69) is 22.5 Å². The molecule has 0 unspecified atom stereocenters. The first-order valence-corrected chi connectivity index (χ1v) is 11.3. The van der Waals surface area contributed by atoms with Crippen molar-refractivity contribution < 1.29 is 14.3 Å². The van der Waals surface area contributed by atoms with Gasteiger partial charge in [0.2, 0.25) is 5.91 Å². The van der Waals surface area contributed by atoms with E-state index in [1.54, 1.807) is 14.2 Å². The van der Waals surface area contributed by atoms with E-state index >= 15 is 0 Å². The molecule has 0 aliphatic carbocycles. The summed E-state index contributed by atoms with van der Waals surface area (Å²) >= 11 is 0. The average molecular weight is 566 g/mol. The molecule has 7 nitrogen and oxygen atoms in total. The Balaban J connectivity index is 0.00000385. The maximum atomic E-state index is 11.6. The number of para-hydroxylation sites is 2. The van der Waals surface area contributed by atoms with Crippen molar-refractivity contribution in [2.75, 3.05) is 33.8 Å². The second kappa shape index (κ2) is 13.9. The normalized spacial score (nSPS) is 14.3. The Morgan fingerprint density at radius 2 is 1.76 bits per heavy atom. The highest BCUT2D eigenvalue weighted by atomic mass is 127. The van der Waals surface area contributed by atoms with Crippen LogP contribution in [0.4, 0.5) is 0 Å².